The molecule has 1 saturated heterocycles. The van der Waals surface area contributed by atoms with Crippen LogP contribution in [0.15, 0.2) is 48.7 Å². The molecule has 0 aliphatic carbocycles. The molecule has 0 aromatic heterocycles. The van der Waals surface area contributed by atoms with Crippen molar-refractivity contribution in [3.05, 3.63) is 64.3 Å². The summed E-state index contributed by atoms with van der Waals surface area (Å²) in [6.07, 6.45) is 2.77. The van der Waals surface area contributed by atoms with Gasteiger partial charge in [0, 0.05) is 35.9 Å². The highest BCUT2D eigenvalue weighted by atomic mass is 35.5. The van der Waals surface area contributed by atoms with Gasteiger partial charge in [0.2, 0.25) is 0 Å². The summed E-state index contributed by atoms with van der Waals surface area (Å²) in [5.41, 5.74) is 1.57. The highest BCUT2D eigenvalue weighted by Gasteiger charge is 2.26. The van der Waals surface area contributed by atoms with Crippen LogP contribution in [-0.4, -0.2) is 53.0 Å². The molecule has 1 atom stereocenters. The van der Waals surface area contributed by atoms with Crippen molar-refractivity contribution in [2.75, 3.05) is 31.6 Å². The topological polar surface area (TPSA) is 77.0 Å². The average molecular weight is 508 g/mol. The van der Waals surface area contributed by atoms with Gasteiger partial charge in [-0.05, 0) is 63.0 Å². The molecule has 4 N–H and O–H groups in total. The molecule has 0 amide bonds. The predicted molar refractivity (Wildman–Crippen MR) is 140 cm³/mol. The Balaban J connectivity index is 1.46. The number of aromatic hydroxyl groups is 1. The second-order valence-electron chi connectivity index (χ2n) is 9.23. The zero-order valence-corrected chi connectivity index (χ0v) is 21.4. The number of phenolic OH excluding ortho intramolecular Hbond substituents is 1. The second-order valence-corrected chi connectivity index (χ2v) is 10.1. The molecule has 6 nitrogen and oxygen atoms in total. The van der Waals surface area contributed by atoms with E-state index in [4.69, 9.17) is 27.9 Å². The second kappa shape index (κ2) is 12.1. The van der Waals surface area contributed by atoms with Gasteiger partial charge >= 0.3 is 0 Å². The molecule has 0 bridgehead atoms. The Morgan fingerprint density at radius 1 is 1.21 bits per heavy atom. The molecular weight excluding hydrogens is 473 g/mol. The number of benzene rings is 2. The zero-order valence-electron chi connectivity index (χ0n) is 19.9. The van der Waals surface area contributed by atoms with Crippen LogP contribution in [0.4, 0.5) is 5.69 Å². The number of hydrogen-bond acceptors (Lipinski definition) is 6. The van der Waals surface area contributed by atoms with Gasteiger partial charge in [-0.15, -0.1) is 0 Å². The Morgan fingerprint density at radius 3 is 2.53 bits per heavy atom. The SMILES string of the molecule is C=C(CC)Nc1cc(Cl)c(O)cc1OC[C@@](C)(O)CNC1CCN(Cc2ccc(Cl)cc2)CC1. The van der Waals surface area contributed by atoms with Crippen molar-refractivity contribution < 1.29 is 14.9 Å². The lowest BCUT2D eigenvalue weighted by molar-refractivity contribution is 0.00832. The van der Waals surface area contributed by atoms with Crippen LogP contribution < -0.4 is 15.4 Å². The van der Waals surface area contributed by atoms with Crippen LogP contribution >= 0.6 is 23.2 Å². The average Bonchev–Trinajstić information content (AvgIpc) is 2.81. The molecule has 0 spiro atoms. The number of nitrogens with zero attached hydrogens (tertiary/aromatic N) is 1. The first-order valence-corrected chi connectivity index (χ1v) is 12.4. The van der Waals surface area contributed by atoms with Gasteiger partial charge in [-0.1, -0.05) is 48.8 Å². The third-order valence-corrected chi connectivity index (χ3v) is 6.56. The quantitative estimate of drug-likeness (QED) is 0.304. The van der Waals surface area contributed by atoms with Gasteiger partial charge in [0.05, 0.1) is 10.7 Å². The van der Waals surface area contributed by atoms with E-state index in [0.29, 0.717) is 24.0 Å². The molecule has 2 aromatic carbocycles. The van der Waals surface area contributed by atoms with E-state index in [-0.39, 0.29) is 17.4 Å². The van der Waals surface area contributed by atoms with Crippen LogP contribution in [0.2, 0.25) is 10.0 Å². The fraction of sp³-hybridized carbons (Fsp3) is 0.462. The van der Waals surface area contributed by atoms with E-state index in [1.807, 2.05) is 19.1 Å². The van der Waals surface area contributed by atoms with E-state index in [2.05, 4.69) is 34.2 Å². The van der Waals surface area contributed by atoms with Crippen molar-refractivity contribution in [3.8, 4) is 11.5 Å². The Labute approximate surface area is 212 Å². The maximum Gasteiger partial charge on any atom is 0.146 e. The van der Waals surface area contributed by atoms with Crippen molar-refractivity contribution in [1.29, 1.82) is 0 Å². The molecule has 0 radical (unpaired) electrons. The van der Waals surface area contributed by atoms with Crippen LogP contribution in [0.25, 0.3) is 0 Å². The molecule has 1 fully saturated rings. The Bertz CT molecular complexity index is 959. The number of anilines is 1. The molecule has 3 rings (SSSR count). The number of hydrogen-bond donors (Lipinski definition) is 4. The summed E-state index contributed by atoms with van der Waals surface area (Å²) in [6.45, 7) is 11.0. The highest BCUT2D eigenvalue weighted by molar-refractivity contribution is 6.32. The van der Waals surface area contributed by atoms with Gasteiger partial charge in [0.25, 0.3) is 0 Å². The summed E-state index contributed by atoms with van der Waals surface area (Å²) in [5.74, 6) is 0.333. The molecule has 1 heterocycles. The number of allylic oxidation sites excluding steroid dienone is 1. The van der Waals surface area contributed by atoms with E-state index in [9.17, 15) is 10.2 Å². The van der Waals surface area contributed by atoms with Crippen LogP contribution in [0, 0.1) is 0 Å². The van der Waals surface area contributed by atoms with Crippen molar-refractivity contribution in [1.82, 2.24) is 10.2 Å². The van der Waals surface area contributed by atoms with Gasteiger partial charge in [-0.3, -0.25) is 4.90 Å². The first-order chi connectivity index (χ1) is 16.1. The number of nitrogens with one attached hydrogen (secondary N) is 2. The van der Waals surface area contributed by atoms with Crippen molar-refractivity contribution in [2.24, 2.45) is 0 Å². The molecule has 186 valence electrons. The van der Waals surface area contributed by atoms with Gasteiger partial charge in [-0.25, -0.2) is 0 Å². The van der Waals surface area contributed by atoms with Gasteiger partial charge in [0.15, 0.2) is 0 Å². The van der Waals surface area contributed by atoms with Crippen LogP contribution in [0.1, 0.15) is 38.7 Å². The standard InChI is InChI=1S/C26H35Cl2N3O3/c1-4-18(2)30-23-13-22(28)24(32)14-25(23)34-17-26(3,33)16-29-21-9-11-31(12-10-21)15-19-5-7-20(27)8-6-19/h5-8,13-14,21,29-30,32-33H,2,4,9-12,15-17H2,1,3H3/t26-/m0/s1. The summed E-state index contributed by atoms with van der Waals surface area (Å²) in [5, 5.41) is 28.5. The minimum Gasteiger partial charge on any atom is -0.506 e. The van der Waals surface area contributed by atoms with Crippen LogP contribution in [-0.2, 0) is 6.54 Å². The van der Waals surface area contributed by atoms with Gasteiger partial charge in [-0.2, -0.15) is 0 Å². The minimum atomic E-state index is -1.09. The van der Waals surface area contributed by atoms with E-state index >= 15 is 0 Å². The fourth-order valence-corrected chi connectivity index (χ4v) is 4.12. The summed E-state index contributed by atoms with van der Waals surface area (Å²) < 4.78 is 5.88. The summed E-state index contributed by atoms with van der Waals surface area (Å²) in [7, 11) is 0. The van der Waals surface area contributed by atoms with Crippen molar-refractivity contribution in [3.63, 3.8) is 0 Å². The summed E-state index contributed by atoms with van der Waals surface area (Å²) in [6, 6.07) is 11.4. The zero-order chi connectivity index (χ0) is 24.7. The Kier molecular flexibility index (Phi) is 9.51. The first kappa shape index (κ1) is 26.6. The third-order valence-electron chi connectivity index (χ3n) is 6.00. The van der Waals surface area contributed by atoms with Crippen LogP contribution in [0.3, 0.4) is 0 Å². The monoisotopic (exact) mass is 507 g/mol. The number of ether oxygens (including phenoxy) is 1. The van der Waals surface area contributed by atoms with E-state index < -0.39 is 5.60 Å². The lowest BCUT2D eigenvalue weighted by atomic mass is 10.0. The number of piperidine rings is 1. The molecule has 8 heteroatoms. The smallest absolute Gasteiger partial charge is 0.146 e. The Hall–Kier alpha value is -1.96. The lowest BCUT2D eigenvalue weighted by Crippen LogP contribution is -2.49. The maximum atomic E-state index is 10.9. The first-order valence-electron chi connectivity index (χ1n) is 11.7. The number of phenols is 1. The van der Waals surface area contributed by atoms with Crippen molar-refractivity contribution in [2.45, 2.75) is 51.3 Å². The number of likely N-dealkylation sites (tertiary alicyclic amines) is 1. The number of aliphatic hydroxyl groups is 1. The molecule has 0 unspecified atom stereocenters. The number of halogens is 2. The largest absolute Gasteiger partial charge is 0.506 e. The Morgan fingerprint density at radius 2 is 1.88 bits per heavy atom. The summed E-state index contributed by atoms with van der Waals surface area (Å²) in [4.78, 5) is 2.44. The molecule has 34 heavy (non-hydrogen) atoms. The highest BCUT2D eigenvalue weighted by Crippen LogP contribution is 2.36. The summed E-state index contributed by atoms with van der Waals surface area (Å²) >= 11 is 12.0. The molecule has 2 aromatic rings. The van der Waals surface area contributed by atoms with Gasteiger partial charge < -0.3 is 25.6 Å². The number of rotatable bonds is 11. The van der Waals surface area contributed by atoms with E-state index in [1.54, 1.807) is 13.0 Å². The van der Waals surface area contributed by atoms with E-state index in [0.717, 1.165) is 49.6 Å². The van der Waals surface area contributed by atoms with Crippen LogP contribution in [0.5, 0.6) is 11.5 Å². The third kappa shape index (κ3) is 8.07. The normalized spacial score (nSPS) is 16.7. The molecule has 1 aliphatic rings. The molecule has 0 saturated carbocycles. The molecule has 1 aliphatic heterocycles. The van der Waals surface area contributed by atoms with Crippen molar-refractivity contribution >= 4 is 28.9 Å². The minimum absolute atomic E-state index is 0.0593. The predicted octanol–water partition coefficient (Wildman–Crippen LogP) is 5.42. The lowest BCUT2D eigenvalue weighted by Gasteiger charge is -2.34. The van der Waals surface area contributed by atoms with Gasteiger partial charge in [0.1, 0.15) is 23.7 Å². The fourth-order valence-electron chi connectivity index (χ4n) is 3.83. The molecular formula is C26H35Cl2N3O3. The van der Waals surface area contributed by atoms with E-state index in [1.165, 1.54) is 11.6 Å². The maximum absolute atomic E-state index is 10.9.